The van der Waals surface area contributed by atoms with Crippen LogP contribution in [0.2, 0.25) is 0 Å². The molecule has 0 aliphatic heterocycles. The Bertz CT molecular complexity index is 559. The molecular weight excluding hydrogens is 260 g/mol. The zero-order valence-electron chi connectivity index (χ0n) is 10.6. The maximum atomic E-state index is 11.2. The summed E-state index contributed by atoms with van der Waals surface area (Å²) in [5, 5.41) is 9.25. The van der Waals surface area contributed by atoms with E-state index in [4.69, 9.17) is 0 Å². The molecule has 0 radical (unpaired) electrons. The highest BCUT2D eigenvalue weighted by Gasteiger charge is 2.51. The van der Waals surface area contributed by atoms with E-state index in [0.717, 1.165) is 11.1 Å². The van der Waals surface area contributed by atoms with Crippen molar-refractivity contribution >= 4 is 22.8 Å². The minimum atomic E-state index is -0.746. The highest BCUT2D eigenvalue weighted by Crippen LogP contribution is 2.48. The van der Waals surface area contributed by atoms with Gasteiger partial charge in [-0.1, -0.05) is 35.7 Å². The van der Waals surface area contributed by atoms with E-state index < -0.39 is 11.4 Å². The van der Waals surface area contributed by atoms with Gasteiger partial charge in [-0.3, -0.25) is 9.59 Å². The molecule has 1 fully saturated rings. The number of hydrogen-bond donors (Lipinski definition) is 1. The molecular formula is C15H14O3S. The Hall–Kier alpha value is -1.73. The molecule has 1 aliphatic carbocycles. The average molecular weight is 274 g/mol. The van der Waals surface area contributed by atoms with Crippen molar-refractivity contribution in [3.05, 3.63) is 35.4 Å². The molecule has 1 aliphatic rings. The van der Waals surface area contributed by atoms with Crippen LogP contribution >= 0.6 is 11.8 Å². The van der Waals surface area contributed by atoms with E-state index in [0.29, 0.717) is 18.6 Å². The molecule has 0 atom stereocenters. The Morgan fingerprint density at radius 3 is 2.42 bits per heavy atom. The maximum absolute atomic E-state index is 11.2. The third-order valence-corrected chi connectivity index (χ3v) is 3.87. The van der Waals surface area contributed by atoms with Crippen LogP contribution in [0.4, 0.5) is 0 Å². The van der Waals surface area contributed by atoms with Crippen LogP contribution in [0.5, 0.6) is 0 Å². The van der Waals surface area contributed by atoms with Gasteiger partial charge in [0.2, 0.25) is 0 Å². The van der Waals surface area contributed by atoms with Crippen molar-refractivity contribution in [2.75, 3.05) is 5.75 Å². The second kappa shape index (κ2) is 5.50. The lowest BCUT2D eigenvalue weighted by Crippen LogP contribution is -2.19. The number of aliphatic carboxylic acids is 1. The Labute approximate surface area is 116 Å². The molecule has 0 bridgehead atoms. The summed E-state index contributed by atoms with van der Waals surface area (Å²) in [6.07, 6.45) is 1.42. The molecule has 0 heterocycles. The van der Waals surface area contributed by atoms with Crippen LogP contribution in [-0.2, 0) is 15.0 Å². The third kappa shape index (κ3) is 3.18. The third-order valence-electron chi connectivity index (χ3n) is 3.18. The van der Waals surface area contributed by atoms with E-state index in [1.165, 1.54) is 18.7 Å². The molecule has 1 saturated carbocycles. The summed E-state index contributed by atoms with van der Waals surface area (Å²) in [6.45, 7) is 1.52. The smallest absolute Gasteiger partial charge is 0.314 e. The number of carbonyl (C=O) groups is 2. The zero-order valence-corrected chi connectivity index (χ0v) is 11.4. The molecule has 1 aromatic carbocycles. The first-order valence-electron chi connectivity index (χ1n) is 6.01. The van der Waals surface area contributed by atoms with Crippen LogP contribution in [0.25, 0.3) is 0 Å². The summed E-state index contributed by atoms with van der Waals surface area (Å²) in [5.74, 6) is 5.60. The van der Waals surface area contributed by atoms with Gasteiger partial charge in [0.15, 0.2) is 5.12 Å². The Balaban J connectivity index is 2.03. The van der Waals surface area contributed by atoms with E-state index in [9.17, 15) is 14.7 Å². The van der Waals surface area contributed by atoms with Gasteiger partial charge in [0.05, 0.1) is 11.2 Å². The number of carbonyl (C=O) groups excluding carboxylic acids is 1. The summed E-state index contributed by atoms with van der Waals surface area (Å²) in [4.78, 5) is 21.9. The first-order valence-corrected chi connectivity index (χ1v) is 6.99. The summed E-state index contributed by atoms with van der Waals surface area (Å²) in [7, 11) is 0. The first kappa shape index (κ1) is 13.7. The van der Waals surface area contributed by atoms with Crippen LogP contribution in [0.3, 0.4) is 0 Å². The molecule has 1 aromatic rings. The molecule has 4 heteroatoms. The average Bonchev–Trinajstić information content (AvgIpc) is 3.16. The Morgan fingerprint density at radius 1 is 1.32 bits per heavy atom. The van der Waals surface area contributed by atoms with Crippen LogP contribution in [0, 0.1) is 11.8 Å². The lowest BCUT2D eigenvalue weighted by molar-refractivity contribution is -0.140. The fraction of sp³-hybridized carbons (Fsp3) is 0.333. The fourth-order valence-corrected chi connectivity index (χ4v) is 2.25. The zero-order chi connectivity index (χ0) is 13.9. The summed E-state index contributed by atoms with van der Waals surface area (Å²) in [6, 6.07) is 7.35. The Kier molecular flexibility index (Phi) is 3.96. The van der Waals surface area contributed by atoms with E-state index >= 15 is 0 Å². The number of thioether (sulfide) groups is 1. The molecule has 0 spiro atoms. The lowest BCUT2D eigenvalue weighted by Gasteiger charge is -2.09. The van der Waals surface area contributed by atoms with Crippen LogP contribution in [-0.4, -0.2) is 21.9 Å². The van der Waals surface area contributed by atoms with Gasteiger partial charge in [0.25, 0.3) is 0 Å². The molecule has 2 rings (SSSR count). The van der Waals surface area contributed by atoms with Gasteiger partial charge < -0.3 is 5.11 Å². The standard InChI is InChI=1S/C15H14O3S/c1-11(16)19-10-2-3-12-4-6-13(7-5-12)15(8-9-15)14(17)18/h4-7H,8-10H2,1H3,(H,17,18). The largest absolute Gasteiger partial charge is 0.481 e. The normalized spacial score (nSPS) is 15.2. The van der Waals surface area contributed by atoms with Crippen molar-refractivity contribution in [2.45, 2.75) is 25.2 Å². The molecule has 98 valence electrons. The summed E-state index contributed by atoms with van der Waals surface area (Å²) >= 11 is 1.18. The topological polar surface area (TPSA) is 54.4 Å². The van der Waals surface area contributed by atoms with Gasteiger partial charge in [0, 0.05) is 12.5 Å². The molecule has 1 N–H and O–H groups in total. The molecule has 0 unspecified atom stereocenters. The molecule has 19 heavy (non-hydrogen) atoms. The molecule has 0 amide bonds. The Morgan fingerprint density at radius 2 is 1.95 bits per heavy atom. The second-order valence-electron chi connectivity index (χ2n) is 4.55. The maximum Gasteiger partial charge on any atom is 0.314 e. The SMILES string of the molecule is CC(=O)SCC#Cc1ccc(C2(C(=O)O)CC2)cc1. The highest BCUT2D eigenvalue weighted by atomic mass is 32.2. The lowest BCUT2D eigenvalue weighted by atomic mass is 9.95. The van der Waals surface area contributed by atoms with Crippen molar-refractivity contribution in [3.8, 4) is 11.8 Å². The number of rotatable bonds is 3. The van der Waals surface area contributed by atoms with E-state index in [2.05, 4.69) is 11.8 Å². The van der Waals surface area contributed by atoms with E-state index in [1.54, 1.807) is 0 Å². The van der Waals surface area contributed by atoms with Crippen LogP contribution in [0.1, 0.15) is 30.9 Å². The van der Waals surface area contributed by atoms with Gasteiger partial charge in [-0.2, -0.15) is 0 Å². The predicted molar refractivity (Wildman–Crippen MR) is 75.0 cm³/mol. The van der Waals surface area contributed by atoms with Crippen LogP contribution in [0.15, 0.2) is 24.3 Å². The van der Waals surface area contributed by atoms with Gasteiger partial charge in [0.1, 0.15) is 0 Å². The van der Waals surface area contributed by atoms with Crippen molar-refractivity contribution in [3.63, 3.8) is 0 Å². The van der Waals surface area contributed by atoms with E-state index in [1.807, 2.05) is 24.3 Å². The number of benzene rings is 1. The number of hydrogen-bond acceptors (Lipinski definition) is 3. The van der Waals surface area contributed by atoms with Crippen molar-refractivity contribution in [1.29, 1.82) is 0 Å². The van der Waals surface area contributed by atoms with Crippen molar-refractivity contribution in [1.82, 2.24) is 0 Å². The fourth-order valence-electron chi connectivity index (χ4n) is 1.90. The van der Waals surface area contributed by atoms with Crippen molar-refractivity contribution in [2.24, 2.45) is 0 Å². The van der Waals surface area contributed by atoms with Gasteiger partial charge in [-0.05, 0) is 30.5 Å². The summed E-state index contributed by atoms with van der Waals surface area (Å²) in [5.41, 5.74) is 1.04. The van der Waals surface area contributed by atoms with Gasteiger partial charge in [-0.15, -0.1) is 0 Å². The van der Waals surface area contributed by atoms with E-state index in [-0.39, 0.29) is 5.12 Å². The van der Waals surface area contributed by atoms with Gasteiger partial charge >= 0.3 is 5.97 Å². The minimum Gasteiger partial charge on any atom is -0.481 e. The predicted octanol–water partition coefficient (Wildman–Crippen LogP) is 2.43. The number of carboxylic acids is 1. The highest BCUT2D eigenvalue weighted by molar-refractivity contribution is 8.13. The summed E-state index contributed by atoms with van der Waals surface area (Å²) < 4.78 is 0. The first-order chi connectivity index (χ1) is 9.04. The number of carboxylic acid groups (broad SMARTS) is 1. The molecule has 0 saturated heterocycles. The second-order valence-corrected chi connectivity index (χ2v) is 5.70. The van der Waals surface area contributed by atoms with Crippen molar-refractivity contribution < 1.29 is 14.7 Å². The monoisotopic (exact) mass is 274 g/mol. The quantitative estimate of drug-likeness (QED) is 0.860. The molecule has 0 aromatic heterocycles. The van der Waals surface area contributed by atoms with Gasteiger partial charge in [-0.25, -0.2) is 0 Å². The minimum absolute atomic E-state index is 0.0572. The van der Waals surface area contributed by atoms with Crippen LogP contribution < -0.4 is 0 Å². The molecule has 3 nitrogen and oxygen atoms in total.